The van der Waals surface area contributed by atoms with Crippen molar-refractivity contribution in [3.05, 3.63) is 88.5 Å². The van der Waals surface area contributed by atoms with Gasteiger partial charge in [-0.2, -0.15) is 0 Å². The molecular weight excluding hydrogens is 508 g/mol. The van der Waals surface area contributed by atoms with Crippen LogP contribution < -0.4 is 14.4 Å². The second kappa shape index (κ2) is 13.3. The van der Waals surface area contributed by atoms with Crippen molar-refractivity contribution in [2.45, 2.75) is 58.5 Å². The Morgan fingerprint density at radius 3 is 2.42 bits per heavy atom. The molecule has 40 heavy (non-hydrogen) atoms. The van der Waals surface area contributed by atoms with Crippen LogP contribution in [0.4, 0.5) is 8.92 Å². The minimum Gasteiger partial charge on any atom is -0.494 e. The number of ether oxygens (including phenoxy) is 2. The summed E-state index contributed by atoms with van der Waals surface area (Å²) in [4.78, 5) is 6.44. The molecule has 0 aromatic heterocycles. The first-order valence-corrected chi connectivity index (χ1v) is 14.5. The van der Waals surface area contributed by atoms with E-state index in [1.807, 2.05) is 25.1 Å². The number of aryl methyl sites for hydroxylation is 2. The van der Waals surface area contributed by atoms with Crippen LogP contribution in [0.1, 0.15) is 66.8 Å². The monoisotopic (exact) mass is 547 g/mol. The van der Waals surface area contributed by atoms with Crippen molar-refractivity contribution in [2.24, 2.45) is 0 Å². The highest BCUT2D eigenvalue weighted by molar-refractivity contribution is 6.00. The molecule has 0 bridgehead atoms. The Morgan fingerprint density at radius 1 is 0.900 bits per heavy atom. The predicted octanol–water partition coefficient (Wildman–Crippen LogP) is 8.16. The number of halogens is 2. The SMILES string of the molecule is CCOc1ccc(C2=C(c3ccc(O[C@H]4CCN(CCCCF)C4)cc3)c3ccc(OF)cc3CCC2)c(C)c1. The lowest BCUT2D eigenvalue weighted by atomic mass is 9.86. The molecule has 0 unspecified atom stereocenters. The molecule has 1 aliphatic carbocycles. The molecule has 0 radical (unpaired) electrons. The lowest BCUT2D eigenvalue weighted by Gasteiger charge is -2.20. The fourth-order valence-electron chi connectivity index (χ4n) is 6.06. The van der Waals surface area contributed by atoms with Crippen LogP contribution in [-0.4, -0.2) is 43.9 Å². The third-order valence-corrected chi connectivity index (χ3v) is 7.98. The van der Waals surface area contributed by atoms with E-state index in [-0.39, 0.29) is 18.5 Å². The van der Waals surface area contributed by atoms with Crippen molar-refractivity contribution in [2.75, 3.05) is 32.9 Å². The maximum absolute atomic E-state index is 13.1. The second-order valence-corrected chi connectivity index (χ2v) is 10.8. The van der Waals surface area contributed by atoms with E-state index in [9.17, 15) is 8.92 Å². The topological polar surface area (TPSA) is 30.9 Å². The second-order valence-electron chi connectivity index (χ2n) is 10.8. The summed E-state index contributed by atoms with van der Waals surface area (Å²) in [5.74, 6) is 1.96. The summed E-state index contributed by atoms with van der Waals surface area (Å²) in [5, 5.41) is 0. The Morgan fingerprint density at radius 2 is 1.68 bits per heavy atom. The Hall–Kier alpha value is -3.38. The van der Waals surface area contributed by atoms with E-state index in [0.717, 1.165) is 85.5 Å². The lowest BCUT2D eigenvalue weighted by molar-refractivity contribution is -0.00629. The Labute approximate surface area is 236 Å². The predicted molar refractivity (Wildman–Crippen MR) is 157 cm³/mol. The Balaban J connectivity index is 1.46. The molecule has 1 saturated heterocycles. The standard InChI is InChI=1S/C34H39F2NO3/c1-3-38-28-13-15-31(24(2)21-28)33-8-6-7-26-22-29(40-36)14-16-32(26)34(33)25-9-11-27(12-10-25)39-30-17-20-37(23-30)19-5-4-18-35/h9-16,21-22,30H,3-8,17-20,23H2,1-2H3/t30-/m0/s1. The molecule has 5 rings (SSSR count). The number of benzene rings is 3. The zero-order valence-electron chi connectivity index (χ0n) is 23.6. The molecule has 212 valence electrons. The molecular formula is C34H39F2NO3. The molecule has 3 aromatic rings. The summed E-state index contributed by atoms with van der Waals surface area (Å²) in [6.45, 7) is 7.32. The first-order valence-electron chi connectivity index (χ1n) is 14.5. The first kappa shape index (κ1) is 28.2. The molecule has 0 amide bonds. The average Bonchev–Trinajstić information content (AvgIpc) is 3.32. The fourth-order valence-corrected chi connectivity index (χ4v) is 6.06. The van der Waals surface area contributed by atoms with E-state index >= 15 is 0 Å². The Bertz CT molecular complexity index is 1320. The van der Waals surface area contributed by atoms with Gasteiger partial charge in [-0.25, -0.2) is 0 Å². The quantitative estimate of drug-likeness (QED) is 0.227. The van der Waals surface area contributed by atoms with Gasteiger partial charge in [-0.1, -0.05) is 24.3 Å². The average molecular weight is 548 g/mol. The van der Waals surface area contributed by atoms with E-state index in [0.29, 0.717) is 13.0 Å². The molecule has 1 atom stereocenters. The van der Waals surface area contributed by atoms with Crippen molar-refractivity contribution >= 4 is 11.1 Å². The third kappa shape index (κ3) is 6.49. The van der Waals surface area contributed by atoms with Crippen LogP contribution in [0, 0.1) is 6.92 Å². The molecule has 0 N–H and O–H groups in total. The number of hydrogen-bond donors (Lipinski definition) is 0. The number of hydrogen-bond acceptors (Lipinski definition) is 4. The van der Waals surface area contributed by atoms with Crippen molar-refractivity contribution < 1.29 is 23.3 Å². The lowest BCUT2D eigenvalue weighted by Crippen LogP contribution is -2.25. The number of rotatable bonds is 11. The van der Waals surface area contributed by atoms with Crippen LogP contribution >= 0.6 is 0 Å². The summed E-state index contributed by atoms with van der Waals surface area (Å²) in [6.07, 6.45) is 5.36. The van der Waals surface area contributed by atoms with Gasteiger partial charge in [0.25, 0.3) is 0 Å². The number of fused-ring (bicyclic) bond motifs is 1. The van der Waals surface area contributed by atoms with Gasteiger partial charge >= 0.3 is 0 Å². The minimum atomic E-state index is -0.244. The molecule has 1 fully saturated rings. The number of allylic oxidation sites excluding steroid dienone is 1. The van der Waals surface area contributed by atoms with Gasteiger partial charge in [0.05, 0.1) is 13.3 Å². The van der Waals surface area contributed by atoms with Crippen LogP contribution in [0.15, 0.2) is 60.7 Å². The van der Waals surface area contributed by atoms with Crippen LogP contribution in [0.25, 0.3) is 11.1 Å². The molecule has 6 heteroatoms. The zero-order chi connectivity index (χ0) is 27.9. The van der Waals surface area contributed by atoms with Gasteiger partial charge in [-0.15, -0.1) is 0 Å². The normalized spacial score (nSPS) is 17.4. The van der Waals surface area contributed by atoms with Gasteiger partial charge in [0.2, 0.25) is 0 Å². The van der Waals surface area contributed by atoms with E-state index < -0.39 is 0 Å². The number of alkyl halides is 1. The number of likely N-dealkylation sites (tertiary alicyclic amines) is 1. The molecule has 1 aliphatic heterocycles. The first-order chi connectivity index (χ1) is 19.6. The summed E-state index contributed by atoms with van der Waals surface area (Å²) in [7, 11) is 0. The van der Waals surface area contributed by atoms with Gasteiger partial charge in [0.1, 0.15) is 17.6 Å². The van der Waals surface area contributed by atoms with Crippen LogP contribution in [0.3, 0.4) is 0 Å². The summed E-state index contributed by atoms with van der Waals surface area (Å²) < 4.78 is 37.6. The maximum Gasteiger partial charge on any atom is 0.172 e. The molecule has 4 nitrogen and oxygen atoms in total. The van der Waals surface area contributed by atoms with Gasteiger partial charge < -0.3 is 9.47 Å². The van der Waals surface area contributed by atoms with Crippen LogP contribution in [0.2, 0.25) is 0 Å². The minimum absolute atomic E-state index is 0.148. The van der Waals surface area contributed by atoms with Gasteiger partial charge in [-0.3, -0.25) is 14.2 Å². The molecule has 2 aliphatic rings. The largest absolute Gasteiger partial charge is 0.494 e. The molecule has 0 saturated carbocycles. The van der Waals surface area contributed by atoms with Gasteiger partial charge in [0, 0.05) is 17.6 Å². The van der Waals surface area contributed by atoms with E-state index in [1.54, 1.807) is 6.07 Å². The number of nitrogens with zero attached hydrogens (tertiary/aromatic N) is 1. The summed E-state index contributed by atoms with van der Waals surface area (Å²) >= 11 is 0. The van der Waals surface area contributed by atoms with Crippen LogP contribution in [-0.2, 0) is 6.42 Å². The van der Waals surface area contributed by atoms with Crippen molar-refractivity contribution in [3.8, 4) is 17.2 Å². The molecule has 1 heterocycles. The highest BCUT2D eigenvalue weighted by Crippen LogP contribution is 2.42. The smallest absolute Gasteiger partial charge is 0.172 e. The van der Waals surface area contributed by atoms with Crippen LogP contribution in [0.5, 0.6) is 17.2 Å². The van der Waals surface area contributed by atoms with E-state index in [2.05, 4.69) is 53.2 Å². The highest BCUT2D eigenvalue weighted by atomic mass is 19.3. The van der Waals surface area contributed by atoms with Crippen molar-refractivity contribution in [3.63, 3.8) is 0 Å². The van der Waals surface area contributed by atoms with Gasteiger partial charge in [-0.05, 0) is 134 Å². The molecule has 0 spiro atoms. The van der Waals surface area contributed by atoms with E-state index in [1.165, 1.54) is 16.7 Å². The Kier molecular flexibility index (Phi) is 9.38. The molecule has 3 aromatic carbocycles. The van der Waals surface area contributed by atoms with Gasteiger partial charge in [0.15, 0.2) is 5.75 Å². The fraction of sp³-hybridized carbons (Fsp3) is 0.412. The summed E-state index contributed by atoms with van der Waals surface area (Å²) in [5.41, 5.74) is 8.11. The maximum atomic E-state index is 13.1. The van der Waals surface area contributed by atoms with Crippen molar-refractivity contribution in [1.29, 1.82) is 0 Å². The van der Waals surface area contributed by atoms with Crippen molar-refractivity contribution in [1.82, 2.24) is 4.90 Å². The third-order valence-electron chi connectivity index (χ3n) is 7.98. The summed E-state index contributed by atoms with van der Waals surface area (Å²) in [6, 6.07) is 20.2. The number of unbranched alkanes of at least 4 members (excludes halogenated alkanes) is 1. The highest BCUT2D eigenvalue weighted by Gasteiger charge is 2.25. The van der Waals surface area contributed by atoms with E-state index in [4.69, 9.17) is 9.47 Å². The zero-order valence-corrected chi connectivity index (χ0v) is 23.6.